The smallest absolute Gasteiger partial charge is 0.234 e. The van der Waals surface area contributed by atoms with Gasteiger partial charge in [0.1, 0.15) is 22.3 Å². The molecule has 0 radical (unpaired) electrons. The maximum absolute atomic E-state index is 12.8. The van der Waals surface area contributed by atoms with Gasteiger partial charge in [0.05, 0.1) is 25.0 Å². The molecule has 0 saturated heterocycles. The van der Waals surface area contributed by atoms with Crippen molar-refractivity contribution in [3.63, 3.8) is 0 Å². The molecule has 4 aromatic rings. The Kier molecular flexibility index (Phi) is 7.04. The van der Waals surface area contributed by atoms with E-state index in [0.717, 1.165) is 33.2 Å². The Hall–Kier alpha value is -4.04. The molecule has 1 aromatic heterocycles. The Morgan fingerprint density at radius 2 is 1.86 bits per heavy atom. The molecule has 1 aliphatic rings. The highest BCUT2D eigenvalue weighted by Crippen LogP contribution is 2.40. The van der Waals surface area contributed by atoms with E-state index < -0.39 is 0 Å². The van der Waals surface area contributed by atoms with Gasteiger partial charge in [-0.2, -0.15) is 4.98 Å². The lowest BCUT2D eigenvalue weighted by Gasteiger charge is -2.21. The van der Waals surface area contributed by atoms with E-state index in [2.05, 4.69) is 5.32 Å². The van der Waals surface area contributed by atoms with Crippen molar-refractivity contribution < 1.29 is 19.0 Å². The maximum atomic E-state index is 12.8. The molecular weight excluding hydrogens is 474 g/mol. The molecule has 0 fully saturated rings. The fourth-order valence-electron chi connectivity index (χ4n) is 3.87. The van der Waals surface area contributed by atoms with Gasteiger partial charge in [0.2, 0.25) is 11.8 Å². The van der Waals surface area contributed by atoms with Gasteiger partial charge in [-0.1, -0.05) is 36.0 Å². The summed E-state index contributed by atoms with van der Waals surface area (Å²) in [7, 11) is 1.63. The van der Waals surface area contributed by atoms with Gasteiger partial charge in [-0.25, -0.2) is 4.98 Å². The first-order chi connectivity index (χ1) is 17.6. The van der Waals surface area contributed by atoms with E-state index in [1.807, 2.05) is 79.7 Å². The Morgan fingerprint density at radius 1 is 1.03 bits per heavy atom. The standard InChI is InChI=1S/C28H25N3O4S/c1-3-34-22-9-6-8-20(16-22)29-25(32)17-36-28-23-15-19-7-4-5-10-24(19)35-27(23)30-26(31-28)18-11-13-21(33-2)14-12-18/h4-14,16H,3,15,17H2,1-2H3,(H,29,32). The number of fused-ring (bicyclic) bond motifs is 2. The molecule has 0 bridgehead atoms. The number of carbonyl (C=O) groups is 1. The minimum atomic E-state index is -0.135. The highest BCUT2D eigenvalue weighted by atomic mass is 32.2. The summed E-state index contributed by atoms with van der Waals surface area (Å²) in [6.45, 7) is 2.49. The minimum absolute atomic E-state index is 0.135. The van der Waals surface area contributed by atoms with Gasteiger partial charge in [0.25, 0.3) is 0 Å². The predicted octanol–water partition coefficient (Wildman–Crippen LogP) is 5.98. The van der Waals surface area contributed by atoms with Gasteiger partial charge in [-0.05, 0) is 55.0 Å². The molecule has 0 saturated carbocycles. The molecule has 7 nitrogen and oxygen atoms in total. The molecular formula is C28H25N3O4S. The summed E-state index contributed by atoms with van der Waals surface area (Å²) in [6, 6.07) is 22.8. The van der Waals surface area contributed by atoms with Gasteiger partial charge in [0.15, 0.2) is 5.82 Å². The van der Waals surface area contributed by atoms with Crippen LogP contribution >= 0.6 is 11.8 Å². The summed E-state index contributed by atoms with van der Waals surface area (Å²) >= 11 is 1.37. The lowest BCUT2D eigenvalue weighted by Crippen LogP contribution is -2.15. The molecule has 1 N–H and O–H groups in total. The molecule has 1 amide bonds. The average molecular weight is 500 g/mol. The number of amides is 1. The molecule has 0 aliphatic carbocycles. The third-order valence-electron chi connectivity index (χ3n) is 5.59. The number of methoxy groups -OCH3 is 1. The van der Waals surface area contributed by atoms with E-state index in [1.165, 1.54) is 11.8 Å². The zero-order chi connectivity index (χ0) is 24.9. The summed E-state index contributed by atoms with van der Waals surface area (Å²) < 4.78 is 17.0. The fourth-order valence-corrected chi connectivity index (χ4v) is 4.70. The first kappa shape index (κ1) is 23.7. The van der Waals surface area contributed by atoms with Crippen molar-refractivity contribution in [2.75, 3.05) is 24.8 Å². The normalized spacial score (nSPS) is 11.6. The number of nitrogens with zero attached hydrogens (tertiary/aromatic N) is 2. The molecule has 1 aliphatic heterocycles. The zero-order valence-corrected chi connectivity index (χ0v) is 20.8. The van der Waals surface area contributed by atoms with E-state index in [0.29, 0.717) is 36.2 Å². The number of hydrogen-bond acceptors (Lipinski definition) is 7. The van der Waals surface area contributed by atoms with Gasteiger partial charge in [-0.3, -0.25) is 4.79 Å². The molecule has 8 heteroatoms. The molecule has 0 atom stereocenters. The van der Waals surface area contributed by atoms with Crippen LogP contribution in [0.4, 0.5) is 5.69 Å². The van der Waals surface area contributed by atoms with Crippen molar-refractivity contribution in [3.05, 3.63) is 83.9 Å². The number of aromatic nitrogens is 2. The van der Waals surface area contributed by atoms with Crippen LogP contribution in [0.1, 0.15) is 18.1 Å². The third kappa shape index (κ3) is 5.28. The van der Waals surface area contributed by atoms with E-state index in [4.69, 9.17) is 24.2 Å². The molecule has 3 aromatic carbocycles. The number of hydrogen-bond donors (Lipinski definition) is 1. The van der Waals surface area contributed by atoms with Crippen LogP contribution in [0, 0.1) is 0 Å². The summed E-state index contributed by atoms with van der Waals surface area (Å²) in [6.07, 6.45) is 0.634. The minimum Gasteiger partial charge on any atom is -0.497 e. The van der Waals surface area contributed by atoms with Crippen LogP contribution in [-0.2, 0) is 11.2 Å². The van der Waals surface area contributed by atoms with Crippen molar-refractivity contribution in [1.82, 2.24) is 9.97 Å². The Bertz CT molecular complexity index is 1390. The van der Waals surface area contributed by atoms with Crippen molar-refractivity contribution in [1.29, 1.82) is 0 Å². The van der Waals surface area contributed by atoms with Crippen LogP contribution in [0.2, 0.25) is 0 Å². The monoisotopic (exact) mass is 499 g/mol. The van der Waals surface area contributed by atoms with Crippen molar-refractivity contribution in [3.8, 4) is 34.5 Å². The number of ether oxygens (including phenoxy) is 3. The second-order valence-electron chi connectivity index (χ2n) is 8.05. The van der Waals surface area contributed by atoms with E-state index in [9.17, 15) is 4.79 Å². The lowest BCUT2D eigenvalue weighted by atomic mass is 10.0. The molecule has 36 heavy (non-hydrogen) atoms. The number of thioether (sulfide) groups is 1. The lowest BCUT2D eigenvalue weighted by molar-refractivity contribution is -0.113. The van der Waals surface area contributed by atoms with Crippen LogP contribution in [-0.4, -0.2) is 35.3 Å². The van der Waals surface area contributed by atoms with Crippen molar-refractivity contribution >= 4 is 23.4 Å². The third-order valence-corrected chi connectivity index (χ3v) is 6.61. The van der Waals surface area contributed by atoms with Crippen LogP contribution < -0.4 is 19.5 Å². The van der Waals surface area contributed by atoms with Gasteiger partial charge in [0, 0.05) is 23.7 Å². The van der Waals surface area contributed by atoms with Crippen LogP contribution in [0.5, 0.6) is 23.1 Å². The first-order valence-corrected chi connectivity index (χ1v) is 12.6. The summed E-state index contributed by atoms with van der Waals surface area (Å²) in [5, 5.41) is 3.66. The van der Waals surface area contributed by atoms with E-state index in [1.54, 1.807) is 7.11 Å². The van der Waals surface area contributed by atoms with Gasteiger partial charge < -0.3 is 19.5 Å². The first-order valence-electron chi connectivity index (χ1n) is 11.6. The van der Waals surface area contributed by atoms with Crippen molar-refractivity contribution in [2.45, 2.75) is 18.4 Å². The Labute approximate surface area is 213 Å². The summed E-state index contributed by atoms with van der Waals surface area (Å²) in [5.41, 5.74) is 3.46. The number of nitrogens with one attached hydrogen (secondary N) is 1. The van der Waals surface area contributed by atoms with E-state index in [-0.39, 0.29) is 11.7 Å². The van der Waals surface area contributed by atoms with E-state index >= 15 is 0 Å². The van der Waals surface area contributed by atoms with Crippen molar-refractivity contribution in [2.24, 2.45) is 0 Å². The number of anilines is 1. The fraction of sp³-hybridized carbons (Fsp3) is 0.179. The number of para-hydroxylation sites is 1. The number of benzene rings is 3. The van der Waals surface area contributed by atoms with Gasteiger partial charge in [-0.15, -0.1) is 0 Å². The quantitative estimate of drug-likeness (QED) is 0.208. The molecule has 2 heterocycles. The molecule has 0 spiro atoms. The maximum Gasteiger partial charge on any atom is 0.234 e. The summed E-state index contributed by atoms with van der Waals surface area (Å²) in [5.74, 6) is 3.35. The van der Waals surface area contributed by atoms with Crippen LogP contribution in [0.3, 0.4) is 0 Å². The topological polar surface area (TPSA) is 82.6 Å². The zero-order valence-electron chi connectivity index (χ0n) is 20.0. The van der Waals surface area contributed by atoms with Crippen LogP contribution in [0.25, 0.3) is 11.4 Å². The Morgan fingerprint density at radius 3 is 2.67 bits per heavy atom. The predicted molar refractivity (Wildman–Crippen MR) is 140 cm³/mol. The van der Waals surface area contributed by atoms with Crippen LogP contribution in [0.15, 0.2) is 77.8 Å². The SMILES string of the molecule is CCOc1cccc(NC(=O)CSc2nc(-c3ccc(OC)cc3)nc3c2Cc2ccccc2O3)c1. The molecule has 0 unspecified atom stereocenters. The molecule has 182 valence electrons. The second-order valence-corrected chi connectivity index (χ2v) is 9.01. The largest absolute Gasteiger partial charge is 0.497 e. The van der Waals surface area contributed by atoms with Gasteiger partial charge >= 0.3 is 0 Å². The highest BCUT2D eigenvalue weighted by molar-refractivity contribution is 8.00. The average Bonchev–Trinajstić information content (AvgIpc) is 2.91. The highest BCUT2D eigenvalue weighted by Gasteiger charge is 2.24. The number of rotatable bonds is 8. The molecule has 5 rings (SSSR count). The Balaban J connectivity index is 1.40. The summed E-state index contributed by atoms with van der Waals surface area (Å²) in [4.78, 5) is 22.3. The second kappa shape index (κ2) is 10.7. The number of carbonyl (C=O) groups excluding carboxylic acids is 1.